The maximum Gasteiger partial charge on any atom is 0.244 e. The Balaban J connectivity index is 2.14. The summed E-state index contributed by atoms with van der Waals surface area (Å²) >= 11 is 0. The molecule has 5 nitrogen and oxygen atoms in total. The third kappa shape index (κ3) is 3.62. The average molecular weight is 299 g/mol. The van der Waals surface area contributed by atoms with Crippen LogP contribution in [0, 0.1) is 5.92 Å². The third-order valence-electron chi connectivity index (χ3n) is 3.78. The second kappa shape index (κ2) is 6.74. The van der Waals surface area contributed by atoms with Crippen molar-refractivity contribution in [1.29, 1.82) is 0 Å². The average Bonchev–Trinajstić information content (AvgIpc) is 2.87. The normalized spacial score (nSPS) is 20.4. The molecule has 1 aliphatic heterocycles. The van der Waals surface area contributed by atoms with Crippen molar-refractivity contribution in [1.82, 2.24) is 14.2 Å². The molecule has 114 valence electrons. The molecule has 1 aromatic rings. The first-order valence-electron chi connectivity index (χ1n) is 7.37. The van der Waals surface area contributed by atoms with E-state index >= 15 is 0 Å². The van der Waals surface area contributed by atoms with Gasteiger partial charge in [-0.3, -0.25) is 0 Å². The monoisotopic (exact) mass is 299 g/mol. The van der Waals surface area contributed by atoms with Crippen LogP contribution in [-0.2, 0) is 17.1 Å². The van der Waals surface area contributed by atoms with Crippen molar-refractivity contribution in [3.8, 4) is 0 Å². The number of hydrogen-bond acceptors (Lipinski definition) is 3. The second-order valence-corrected chi connectivity index (χ2v) is 7.53. The lowest BCUT2D eigenvalue weighted by molar-refractivity contribution is 0.291. The van der Waals surface area contributed by atoms with E-state index in [1.54, 1.807) is 27.3 Å². The van der Waals surface area contributed by atoms with Gasteiger partial charge in [0.15, 0.2) is 0 Å². The molecule has 1 fully saturated rings. The van der Waals surface area contributed by atoms with Crippen LogP contribution >= 0.6 is 0 Å². The van der Waals surface area contributed by atoms with E-state index in [4.69, 9.17) is 0 Å². The predicted molar refractivity (Wildman–Crippen MR) is 80.1 cm³/mol. The Hall–Kier alpha value is -0.850. The number of rotatable bonds is 6. The summed E-state index contributed by atoms with van der Waals surface area (Å²) in [6, 6.07) is 1.68. The van der Waals surface area contributed by atoms with Crippen LogP contribution in [0.5, 0.6) is 0 Å². The number of piperidine rings is 1. The highest BCUT2D eigenvalue weighted by Gasteiger charge is 2.27. The molecule has 0 amide bonds. The van der Waals surface area contributed by atoms with Gasteiger partial charge in [0.05, 0.1) is 4.90 Å². The fourth-order valence-electron chi connectivity index (χ4n) is 2.71. The van der Waals surface area contributed by atoms with Crippen molar-refractivity contribution in [2.75, 3.05) is 26.2 Å². The lowest BCUT2D eigenvalue weighted by Gasteiger charge is -2.29. The fraction of sp³-hybridized carbons (Fsp3) is 0.714. The molecule has 1 atom stereocenters. The zero-order valence-electron chi connectivity index (χ0n) is 12.4. The highest BCUT2D eigenvalue weighted by molar-refractivity contribution is 7.89. The maximum absolute atomic E-state index is 12.7. The molecular formula is C14H25N3O2S. The van der Waals surface area contributed by atoms with Crippen LogP contribution in [0.2, 0.25) is 0 Å². The van der Waals surface area contributed by atoms with E-state index in [1.807, 2.05) is 14.0 Å². The Morgan fingerprint density at radius 1 is 1.50 bits per heavy atom. The van der Waals surface area contributed by atoms with Crippen LogP contribution < -0.4 is 5.32 Å². The molecule has 2 rings (SSSR count). The summed E-state index contributed by atoms with van der Waals surface area (Å²) in [5.74, 6) is 0.425. The van der Waals surface area contributed by atoms with Crippen molar-refractivity contribution in [3.05, 3.63) is 18.5 Å². The number of nitrogens with one attached hydrogen (secondary N) is 1. The molecule has 1 N–H and O–H groups in total. The standard InChI is InChI=1S/C14H25N3O2S/c1-3-8-17(11-13-5-4-7-15-10-13)20(18,19)14-6-9-16(2)12-14/h6,9,12-13,15H,3-5,7-8,10-11H2,1-2H3. The molecule has 0 aromatic carbocycles. The fourth-order valence-corrected chi connectivity index (χ4v) is 4.37. The molecule has 1 saturated heterocycles. The van der Waals surface area contributed by atoms with Gasteiger partial charge in [-0.05, 0) is 44.3 Å². The van der Waals surface area contributed by atoms with E-state index in [9.17, 15) is 8.42 Å². The molecule has 0 spiro atoms. The first-order valence-corrected chi connectivity index (χ1v) is 8.81. The van der Waals surface area contributed by atoms with Crippen molar-refractivity contribution in [2.24, 2.45) is 13.0 Å². The minimum absolute atomic E-state index is 0.400. The molecule has 6 heteroatoms. The smallest absolute Gasteiger partial charge is 0.244 e. The highest BCUT2D eigenvalue weighted by Crippen LogP contribution is 2.20. The largest absolute Gasteiger partial charge is 0.356 e. The summed E-state index contributed by atoms with van der Waals surface area (Å²) < 4.78 is 28.8. The van der Waals surface area contributed by atoms with Gasteiger partial charge in [-0.25, -0.2) is 8.42 Å². The summed E-state index contributed by atoms with van der Waals surface area (Å²) in [6.45, 7) is 5.21. The highest BCUT2D eigenvalue weighted by atomic mass is 32.2. The zero-order chi connectivity index (χ0) is 14.6. The first kappa shape index (κ1) is 15.5. The minimum atomic E-state index is -3.36. The lowest BCUT2D eigenvalue weighted by atomic mass is 10.00. The van der Waals surface area contributed by atoms with E-state index < -0.39 is 10.0 Å². The number of aromatic nitrogens is 1. The van der Waals surface area contributed by atoms with Crippen molar-refractivity contribution in [3.63, 3.8) is 0 Å². The van der Waals surface area contributed by atoms with Crippen LogP contribution in [0.15, 0.2) is 23.4 Å². The van der Waals surface area contributed by atoms with E-state index in [-0.39, 0.29) is 0 Å². The molecule has 1 aromatic heterocycles. The van der Waals surface area contributed by atoms with E-state index in [0.29, 0.717) is 23.9 Å². The van der Waals surface area contributed by atoms with Gasteiger partial charge in [-0.1, -0.05) is 6.92 Å². The Labute approximate surface area is 122 Å². The number of hydrogen-bond donors (Lipinski definition) is 1. The van der Waals surface area contributed by atoms with Crippen molar-refractivity contribution < 1.29 is 8.42 Å². The third-order valence-corrected chi connectivity index (χ3v) is 5.63. The summed E-state index contributed by atoms with van der Waals surface area (Å²) in [7, 11) is -1.52. The molecule has 1 unspecified atom stereocenters. The van der Waals surface area contributed by atoms with Crippen molar-refractivity contribution in [2.45, 2.75) is 31.1 Å². The van der Waals surface area contributed by atoms with Gasteiger partial charge in [-0.2, -0.15) is 4.31 Å². The van der Waals surface area contributed by atoms with Gasteiger partial charge < -0.3 is 9.88 Å². The molecule has 2 heterocycles. The molecule has 0 aliphatic carbocycles. The molecular weight excluding hydrogens is 274 g/mol. The van der Waals surface area contributed by atoms with Gasteiger partial charge in [-0.15, -0.1) is 0 Å². The Bertz CT molecular complexity index is 518. The van der Waals surface area contributed by atoms with Crippen LogP contribution in [-0.4, -0.2) is 43.5 Å². The molecule has 0 saturated carbocycles. The Morgan fingerprint density at radius 3 is 2.85 bits per heavy atom. The minimum Gasteiger partial charge on any atom is -0.356 e. The van der Waals surface area contributed by atoms with Gasteiger partial charge in [0.2, 0.25) is 10.0 Å². The molecule has 0 bridgehead atoms. The van der Waals surface area contributed by atoms with Crippen LogP contribution in [0.25, 0.3) is 0 Å². The van der Waals surface area contributed by atoms with Gasteiger partial charge in [0.25, 0.3) is 0 Å². The Kier molecular flexibility index (Phi) is 5.23. The SMILES string of the molecule is CCCN(CC1CCCNC1)S(=O)(=O)c1ccn(C)c1. The van der Waals surface area contributed by atoms with Gasteiger partial charge in [0, 0.05) is 32.5 Å². The molecule has 0 radical (unpaired) electrons. The zero-order valence-corrected chi connectivity index (χ0v) is 13.2. The summed E-state index contributed by atoms with van der Waals surface area (Å²) in [5.41, 5.74) is 0. The van der Waals surface area contributed by atoms with Crippen LogP contribution in [0.3, 0.4) is 0 Å². The number of nitrogens with zero attached hydrogens (tertiary/aromatic N) is 2. The molecule has 1 aliphatic rings. The van der Waals surface area contributed by atoms with E-state index in [2.05, 4.69) is 5.32 Å². The van der Waals surface area contributed by atoms with Crippen LogP contribution in [0.4, 0.5) is 0 Å². The van der Waals surface area contributed by atoms with E-state index in [0.717, 1.165) is 32.4 Å². The molecule has 20 heavy (non-hydrogen) atoms. The second-order valence-electron chi connectivity index (χ2n) is 5.59. The van der Waals surface area contributed by atoms with Gasteiger partial charge >= 0.3 is 0 Å². The summed E-state index contributed by atoms with van der Waals surface area (Å²) in [4.78, 5) is 0.400. The number of aryl methyl sites for hydroxylation is 1. The lowest BCUT2D eigenvalue weighted by Crippen LogP contribution is -2.41. The van der Waals surface area contributed by atoms with Gasteiger partial charge in [0.1, 0.15) is 0 Å². The predicted octanol–water partition coefficient (Wildman–Crippen LogP) is 1.43. The van der Waals surface area contributed by atoms with E-state index in [1.165, 1.54) is 0 Å². The maximum atomic E-state index is 12.7. The summed E-state index contributed by atoms with van der Waals surface area (Å²) in [5, 5.41) is 3.35. The topological polar surface area (TPSA) is 54.3 Å². The summed E-state index contributed by atoms with van der Waals surface area (Å²) in [6.07, 6.45) is 6.54. The first-order chi connectivity index (χ1) is 9.54. The quantitative estimate of drug-likeness (QED) is 0.864. The number of sulfonamides is 1. The van der Waals surface area contributed by atoms with Crippen molar-refractivity contribution >= 4 is 10.0 Å². The Morgan fingerprint density at radius 2 is 2.30 bits per heavy atom. The van der Waals surface area contributed by atoms with Crippen LogP contribution in [0.1, 0.15) is 26.2 Å².